The Labute approximate surface area is 95.1 Å². The summed E-state index contributed by atoms with van der Waals surface area (Å²) in [6.45, 7) is 7.96. The molecule has 0 fully saturated rings. The number of nitrogens with zero attached hydrogens (tertiary/aromatic N) is 3. The normalized spacial score (nSPS) is 10.8. The van der Waals surface area contributed by atoms with Crippen LogP contribution in [0.1, 0.15) is 22.4 Å². The molecule has 0 saturated carbocycles. The topological polar surface area (TPSA) is 56.7 Å². The van der Waals surface area contributed by atoms with Crippen molar-refractivity contribution >= 4 is 5.82 Å². The Kier molecular flexibility index (Phi) is 2.42. The first-order valence-electron chi connectivity index (χ1n) is 5.26. The molecule has 2 heterocycles. The van der Waals surface area contributed by atoms with E-state index in [-0.39, 0.29) is 0 Å². The molecule has 0 aromatic carbocycles. The van der Waals surface area contributed by atoms with E-state index >= 15 is 0 Å². The molecule has 2 aromatic rings. The Hall–Kier alpha value is -1.84. The molecule has 0 radical (unpaired) electrons. The zero-order chi connectivity index (χ0) is 11.9. The van der Waals surface area contributed by atoms with E-state index in [2.05, 4.69) is 16.1 Å². The second-order valence-corrected chi connectivity index (χ2v) is 4.16. The standard InChI is InChI=1S/C12H16N4/c1-7-5-8(2)12(14-6-7)16-11(13)9(3)10(4)15-16/h5-6H,13H2,1-4H3. The SMILES string of the molecule is Cc1cnc(-n2nc(C)c(C)c2N)c(C)c1. The van der Waals surface area contributed by atoms with Crippen molar-refractivity contribution in [2.75, 3.05) is 5.73 Å². The van der Waals surface area contributed by atoms with Crippen molar-refractivity contribution in [1.82, 2.24) is 14.8 Å². The van der Waals surface area contributed by atoms with E-state index in [4.69, 9.17) is 5.73 Å². The Morgan fingerprint density at radius 3 is 2.38 bits per heavy atom. The first kappa shape index (κ1) is 10.7. The molecule has 16 heavy (non-hydrogen) atoms. The molecular weight excluding hydrogens is 200 g/mol. The highest BCUT2D eigenvalue weighted by Crippen LogP contribution is 2.20. The summed E-state index contributed by atoms with van der Waals surface area (Å²) in [6.07, 6.45) is 1.83. The van der Waals surface area contributed by atoms with Gasteiger partial charge in [0.25, 0.3) is 0 Å². The van der Waals surface area contributed by atoms with Crippen LogP contribution in [0.5, 0.6) is 0 Å². The van der Waals surface area contributed by atoms with Crippen LogP contribution in [0.25, 0.3) is 5.82 Å². The van der Waals surface area contributed by atoms with Crippen molar-refractivity contribution in [3.05, 3.63) is 34.6 Å². The maximum absolute atomic E-state index is 6.00. The summed E-state index contributed by atoms with van der Waals surface area (Å²) in [5.74, 6) is 1.47. The Morgan fingerprint density at radius 1 is 1.19 bits per heavy atom. The minimum absolute atomic E-state index is 0.664. The van der Waals surface area contributed by atoms with E-state index in [1.54, 1.807) is 4.68 Å². The number of hydrogen-bond donors (Lipinski definition) is 1. The van der Waals surface area contributed by atoms with Gasteiger partial charge in [-0.2, -0.15) is 9.78 Å². The lowest BCUT2D eigenvalue weighted by atomic mass is 10.2. The van der Waals surface area contributed by atoms with Crippen molar-refractivity contribution in [3.8, 4) is 5.82 Å². The van der Waals surface area contributed by atoms with Gasteiger partial charge < -0.3 is 5.73 Å². The number of aromatic nitrogens is 3. The quantitative estimate of drug-likeness (QED) is 0.794. The third-order valence-electron chi connectivity index (χ3n) is 2.79. The molecule has 2 rings (SSSR count). The van der Waals surface area contributed by atoms with Gasteiger partial charge in [-0.25, -0.2) is 4.98 Å². The van der Waals surface area contributed by atoms with Crippen LogP contribution in [-0.2, 0) is 0 Å². The first-order valence-corrected chi connectivity index (χ1v) is 5.26. The zero-order valence-corrected chi connectivity index (χ0v) is 10.1. The number of pyridine rings is 1. The number of rotatable bonds is 1. The van der Waals surface area contributed by atoms with Crippen LogP contribution in [0, 0.1) is 27.7 Å². The Bertz CT molecular complexity index is 540. The molecule has 4 nitrogen and oxygen atoms in total. The Morgan fingerprint density at radius 2 is 1.88 bits per heavy atom. The average Bonchev–Trinajstić information content (AvgIpc) is 2.46. The van der Waals surface area contributed by atoms with Crippen molar-refractivity contribution in [2.24, 2.45) is 0 Å². The molecule has 2 aromatic heterocycles. The number of nitrogens with two attached hydrogens (primary N) is 1. The number of hydrogen-bond acceptors (Lipinski definition) is 3. The fourth-order valence-corrected chi connectivity index (χ4v) is 1.71. The zero-order valence-electron chi connectivity index (χ0n) is 10.1. The lowest BCUT2D eigenvalue weighted by Gasteiger charge is -2.07. The predicted molar refractivity (Wildman–Crippen MR) is 64.7 cm³/mol. The van der Waals surface area contributed by atoms with Crippen LogP contribution in [-0.4, -0.2) is 14.8 Å². The van der Waals surface area contributed by atoms with Gasteiger partial charge in [0, 0.05) is 11.8 Å². The summed E-state index contributed by atoms with van der Waals surface area (Å²) in [5, 5.41) is 4.40. The highest BCUT2D eigenvalue weighted by atomic mass is 15.3. The van der Waals surface area contributed by atoms with Gasteiger partial charge in [-0.1, -0.05) is 6.07 Å². The third kappa shape index (κ3) is 1.56. The highest BCUT2D eigenvalue weighted by Gasteiger charge is 2.12. The molecule has 0 unspecified atom stereocenters. The van der Waals surface area contributed by atoms with Crippen LogP contribution in [0.4, 0.5) is 5.82 Å². The maximum Gasteiger partial charge on any atom is 0.158 e. The molecule has 0 amide bonds. The summed E-state index contributed by atoms with van der Waals surface area (Å²) >= 11 is 0. The van der Waals surface area contributed by atoms with E-state index in [1.807, 2.05) is 33.9 Å². The lowest BCUT2D eigenvalue weighted by molar-refractivity contribution is 0.832. The number of nitrogen functional groups attached to an aromatic ring is 1. The van der Waals surface area contributed by atoms with E-state index in [1.165, 1.54) is 0 Å². The van der Waals surface area contributed by atoms with Crippen LogP contribution >= 0.6 is 0 Å². The number of aryl methyl sites for hydroxylation is 3. The molecule has 4 heteroatoms. The van der Waals surface area contributed by atoms with Gasteiger partial charge in [-0.05, 0) is 38.8 Å². The van der Waals surface area contributed by atoms with Crippen molar-refractivity contribution in [2.45, 2.75) is 27.7 Å². The van der Waals surface area contributed by atoms with Gasteiger partial charge in [0.1, 0.15) is 5.82 Å². The highest BCUT2D eigenvalue weighted by molar-refractivity contribution is 5.49. The molecule has 0 saturated heterocycles. The van der Waals surface area contributed by atoms with Gasteiger partial charge in [0.15, 0.2) is 5.82 Å². The Balaban J connectivity index is 2.63. The molecule has 0 aliphatic heterocycles. The minimum atomic E-state index is 0.664. The van der Waals surface area contributed by atoms with Crippen LogP contribution in [0.15, 0.2) is 12.3 Å². The third-order valence-corrected chi connectivity index (χ3v) is 2.79. The first-order chi connectivity index (χ1) is 7.50. The second-order valence-electron chi connectivity index (χ2n) is 4.16. The van der Waals surface area contributed by atoms with Crippen LogP contribution in [0.2, 0.25) is 0 Å². The van der Waals surface area contributed by atoms with Gasteiger partial charge >= 0.3 is 0 Å². The fraction of sp³-hybridized carbons (Fsp3) is 0.333. The minimum Gasteiger partial charge on any atom is -0.383 e. The second kappa shape index (κ2) is 3.63. The predicted octanol–water partition coefficient (Wildman–Crippen LogP) is 2.08. The van der Waals surface area contributed by atoms with Gasteiger partial charge in [0.2, 0.25) is 0 Å². The molecule has 0 atom stereocenters. The molecule has 0 aliphatic rings. The van der Waals surface area contributed by atoms with Crippen LogP contribution in [0.3, 0.4) is 0 Å². The van der Waals surface area contributed by atoms with E-state index < -0.39 is 0 Å². The van der Waals surface area contributed by atoms with Gasteiger partial charge in [-0.3, -0.25) is 0 Å². The molecule has 0 aliphatic carbocycles. The van der Waals surface area contributed by atoms with E-state index in [0.29, 0.717) is 5.82 Å². The monoisotopic (exact) mass is 216 g/mol. The van der Waals surface area contributed by atoms with E-state index in [9.17, 15) is 0 Å². The molecule has 2 N–H and O–H groups in total. The summed E-state index contributed by atoms with van der Waals surface area (Å²) in [6, 6.07) is 2.08. The van der Waals surface area contributed by atoms with Crippen molar-refractivity contribution in [3.63, 3.8) is 0 Å². The number of anilines is 1. The van der Waals surface area contributed by atoms with Gasteiger partial charge in [-0.15, -0.1) is 0 Å². The van der Waals surface area contributed by atoms with Gasteiger partial charge in [0.05, 0.1) is 5.69 Å². The smallest absolute Gasteiger partial charge is 0.158 e. The van der Waals surface area contributed by atoms with Crippen LogP contribution < -0.4 is 5.73 Å². The molecule has 84 valence electrons. The van der Waals surface area contributed by atoms with Crippen molar-refractivity contribution < 1.29 is 0 Å². The summed E-state index contributed by atoms with van der Waals surface area (Å²) in [4.78, 5) is 4.38. The molecule has 0 bridgehead atoms. The fourth-order valence-electron chi connectivity index (χ4n) is 1.71. The summed E-state index contributed by atoms with van der Waals surface area (Å²) in [5.41, 5.74) is 10.2. The largest absolute Gasteiger partial charge is 0.383 e. The molecular formula is C12H16N4. The lowest BCUT2D eigenvalue weighted by Crippen LogP contribution is -2.06. The maximum atomic E-state index is 6.00. The summed E-state index contributed by atoms with van der Waals surface area (Å²) in [7, 11) is 0. The summed E-state index contributed by atoms with van der Waals surface area (Å²) < 4.78 is 1.71. The molecule has 0 spiro atoms. The van der Waals surface area contributed by atoms with E-state index in [0.717, 1.165) is 28.2 Å². The van der Waals surface area contributed by atoms with Crippen molar-refractivity contribution in [1.29, 1.82) is 0 Å². The average molecular weight is 216 g/mol.